The Balaban J connectivity index is 2.30. The lowest BCUT2D eigenvalue weighted by atomic mass is 10.2. The predicted molar refractivity (Wildman–Crippen MR) is 64.3 cm³/mol. The third kappa shape index (κ3) is 2.28. The van der Waals surface area contributed by atoms with E-state index in [0.29, 0.717) is 4.90 Å². The highest BCUT2D eigenvalue weighted by Crippen LogP contribution is 2.22. The Morgan fingerprint density at radius 1 is 1.25 bits per heavy atom. The van der Waals surface area contributed by atoms with Gasteiger partial charge in [-0.2, -0.15) is 0 Å². The van der Waals surface area contributed by atoms with Gasteiger partial charge >= 0.3 is 0 Å². The van der Waals surface area contributed by atoms with Gasteiger partial charge in [0.05, 0.1) is 10.1 Å². The first-order valence-electron chi connectivity index (χ1n) is 5.62. The van der Waals surface area contributed by atoms with Gasteiger partial charge in [-0.1, -0.05) is 12.1 Å². The van der Waals surface area contributed by atoms with Crippen LogP contribution in [-0.4, -0.2) is 26.8 Å². The molecular formula is C12H17NO2S. The van der Waals surface area contributed by atoms with Gasteiger partial charge in [0.25, 0.3) is 0 Å². The van der Waals surface area contributed by atoms with E-state index >= 15 is 0 Å². The second kappa shape index (κ2) is 4.55. The highest BCUT2D eigenvalue weighted by Gasteiger charge is 2.28. The van der Waals surface area contributed by atoms with Crippen LogP contribution in [0.4, 0.5) is 0 Å². The molecule has 4 heteroatoms. The van der Waals surface area contributed by atoms with Gasteiger partial charge in [0.15, 0.2) is 9.84 Å². The van der Waals surface area contributed by atoms with Gasteiger partial charge in [-0.25, -0.2) is 8.42 Å². The number of hydrogen-bond donors (Lipinski definition) is 1. The fourth-order valence-electron chi connectivity index (χ4n) is 2.09. The fraction of sp³-hybridized carbons (Fsp3) is 0.500. The molecule has 1 aliphatic rings. The molecule has 0 unspecified atom stereocenters. The molecule has 0 bridgehead atoms. The van der Waals surface area contributed by atoms with Crippen molar-refractivity contribution in [3.8, 4) is 0 Å². The number of piperidine rings is 1. The van der Waals surface area contributed by atoms with Crippen molar-refractivity contribution in [3.05, 3.63) is 29.8 Å². The van der Waals surface area contributed by atoms with Crippen molar-refractivity contribution in [1.82, 2.24) is 5.32 Å². The Morgan fingerprint density at radius 3 is 2.56 bits per heavy atom. The van der Waals surface area contributed by atoms with Crippen LogP contribution >= 0.6 is 0 Å². The zero-order valence-electron chi connectivity index (χ0n) is 9.44. The normalized spacial score (nSPS) is 18.6. The van der Waals surface area contributed by atoms with E-state index in [0.717, 1.165) is 31.5 Å². The quantitative estimate of drug-likeness (QED) is 0.851. The lowest BCUT2D eigenvalue weighted by molar-refractivity contribution is 0.496. The minimum absolute atomic E-state index is 0.212. The topological polar surface area (TPSA) is 46.2 Å². The standard InChI is InChI=1S/C12H17NO2S/c1-10-3-2-4-12(9-10)16(14,15)11-5-7-13-8-6-11/h2-4,9,11,13H,5-8H2,1H3. The van der Waals surface area contributed by atoms with E-state index in [2.05, 4.69) is 5.32 Å². The minimum Gasteiger partial charge on any atom is -0.317 e. The molecule has 0 atom stereocenters. The Morgan fingerprint density at radius 2 is 1.94 bits per heavy atom. The smallest absolute Gasteiger partial charge is 0.181 e. The average molecular weight is 239 g/mol. The second-order valence-corrected chi connectivity index (χ2v) is 6.54. The summed E-state index contributed by atoms with van der Waals surface area (Å²) in [6, 6.07) is 7.19. The van der Waals surface area contributed by atoms with Crippen LogP contribution in [0, 0.1) is 6.92 Å². The molecule has 1 aromatic rings. The average Bonchev–Trinajstić information content (AvgIpc) is 2.30. The molecule has 88 valence electrons. The van der Waals surface area contributed by atoms with E-state index in [-0.39, 0.29) is 5.25 Å². The predicted octanol–water partition coefficient (Wildman–Crippen LogP) is 1.52. The van der Waals surface area contributed by atoms with Gasteiger partial charge < -0.3 is 5.32 Å². The summed E-state index contributed by atoms with van der Waals surface area (Å²) in [4.78, 5) is 0.472. The minimum atomic E-state index is -3.12. The molecule has 1 aliphatic heterocycles. The molecule has 1 aromatic carbocycles. The van der Waals surface area contributed by atoms with Gasteiger partial charge in [0, 0.05) is 0 Å². The van der Waals surface area contributed by atoms with E-state index in [1.165, 1.54) is 0 Å². The maximum Gasteiger partial charge on any atom is 0.181 e. The molecule has 0 spiro atoms. The van der Waals surface area contributed by atoms with Gasteiger partial charge in [-0.3, -0.25) is 0 Å². The summed E-state index contributed by atoms with van der Waals surface area (Å²) in [7, 11) is -3.12. The molecule has 2 rings (SSSR count). The molecule has 0 saturated carbocycles. The zero-order valence-corrected chi connectivity index (χ0v) is 10.3. The Labute approximate surface area is 96.8 Å². The number of hydrogen-bond acceptors (Lipinski definition) is 3. The van der Waals surface area contributed by atoms with Crippen molar-refractivity contribution < 1.29 is 8.42 Å². The number of nitrogens with one attached hydrogen (secondary N) is 1. The lowest BCUT2D eigenvalue weighted by Crippen LogP contribution is -2.35. The summed E-state index contributed by atoms with van der Waals surface area (Å²) in [6.45, 7) is 3.52. The van der Waals surface area contributed by atoms with E-state index in [1.54, 1.807) is 12.1 Å². The zero-order chi connectivity index (χ0) is 11.6. The fourth-order valence-corrected chi connectivity index (χ4v) is 3.95. The Hall–Kier alpha value is -0.870. The van der Waals surface area contributed by atoms with Crippen LogP contribution in [0.2, 0.25) is 0 Å². The first-order valence-corrected chi connectivity index (χ1v) is 7.16. The van der Waals surface area contributed by atoms with Crippen LogP contribution in [0.1, 0.15) is 18.4 Å². The van der Waals surface area contributed by atoms with E-state index in [9.17, 15) is 8.42 Å². The molecule has 1 heterocycles. The van der Waals surface area contributed by atoms with E-state index in [1.807, 2.05) is 19.1 Å². The summed E-state index contributed by atoms with van der Waals surface area (Å²) in [6.07, 6.45) is 1.44. The van der Waals surface area contributed by atoms with Crippen LogP contribution in [-0.2, 0) is 9.84 Å². The Bertz CT molecular complexity index is 462. The molecule has 1 saturated heterocycles. The summed E-state index contributed by atoms with van der Waals surface area (Å²) in [5.74, 6) is 0. The van der Waals surface area contributed by atoms with Crippen molar-refractivity contribution >= 4 is 9.84 Å². The molecule has 0 aliphatic carbocycles. The van der Waals surface area contributed by atoms with Gasteiger partial charge in [0.2, 0.25) is 0 Å². The molecule has 1 N–H and O–H groups in total. The highest BCUT2D eigenvalue weighted by atomic mass is 32.2. The van der Waals surface area contributed by atoms with Crippen molar-refractivity contribution in [1.29, 1.82) is 0 Å². The lowest BCUT2D eigenvalue weighted by Gasteiger charge is -2.22. The van der Waals surface area contributed by atoms with Crippen LogP contribution in [0.5, 0.6) is 0 Å². The SMILES string of the molecule is Cc1cccc(S(=O)(=O)C2CCNCC2)c1. The molecule has 3 nitrogen and oxygen atoms in total. The van der Waals surface area contributed by atoms with Crippen molar-refractivity contribution in [2.24, 2.45) is 0 Å². The molecule has 16 heavy (non-hydrogen) atoms. The maximum atomic E-state index is 12.3. The van der Waals surface area contributed by atoms with Gasteiger partial charge in [0.1, 0.15) is 0 Å². The van der Waals surface area contributed by atoms with Gasteiger partial charge in [-0.05, 0) is 50.6 Å². The number of rotatable bonds is 2. The second-order valence-electron chi connectivity index (χ2n) is 4.31. The maximum absolute atomic E-state index is 12.3. The molecule has 0 amide bonds. The number of benzene rings is 1. The van der Waals surface area contributed by atoms with E-state index < -0.39 is 9.84 Å². The first kappa shape index (κ1) is 11.6. The van der Waals surface area contributed by atoms with Crippen molar-refractivity contribution in [2.45, 2.75) is 29.9 Å². The highest BCUT2D eigenvalue weighted by molar-refractivity contribution is 7.92. The van der Waals surface area contributed by atoms with Gasteiger partial charge in [-0.15, -0.1) is 0 Å². The molecule has 0 radical (unpaired) electrons. The summed E-state index contributed by atoms with van der Waals surface area (Å²) >= 11 is 0. The molecule has 0 aromatic heterocycles. The molecule has 1 fully saturated rings. The summed E-state index contributed by atoms with van der Waals surface area (Å²) in [5.41, 5.74) is 0.995. The van der Waals surface area contributed by atoms with E-state index in [4.69, 9.17) is 0 Å². The largest absolute Gasteiger partial charge is 0.317 e. The van der Waals surface area contributed by atoms with Crippen molar-refractivity contribution in [2.75, 3.05) is 13.1 Å². The monoisotopic (exact) mass is 239 g/mol. The van der Waals surface area contributed by atoms with Crippen LogP contribution in [0.25, 0.3) is 0 Å². The Kier molecular flexibility index (Phi) is 3.30. The van der Waals surface area contributed by atoms with Crippen LogP contribution in [0.3, 0.4) is 0 Å². The first-order chi connectivity index (χ1) is 7.60. The van der Waals surface area contributed by atoms with Crippen molar-refractivity contribution in [3.63, 3.8) is 0 Å². The van der Waals surface area contributed by atoms with Crippen LogP contribution in [0.15, 0.2) is 29.2 Å². The third-order valence-electron chi connectivity index (χ3n) is 3.04. The van der Waals surface area contributed by atoms with Crippen LogP contribution < -0.4 is 5.32 Å². The summed E-state index contributed by atoms with van der Waals surface area (Å²) in [5, 5.41) is 2.97. The summed E-state index contributed by atoms with van der Waals surface area (Å²) < 4.78 is 24.6. The number of sulfone groups is 1. The molecular weight excluding hydrogens is 222 g/mol. The number of aryl methyl sites for hydroxylation is 1. The third-order valence-corrected chi connectivity index (χ3v) is 5.30.